The Balaban J connectivity index is 1.63. The van der Waals surface area contributed by atoms with Gasteiger partial charge in [-0.2, -0.15) is 0 Å². The molecule has 4 heteroatoms. The highest BCUT2D eigenvalue weighted by molar-refractivity contribution is 6.21. The number of hydrogen-bond donors (Lipinski definition) is 0. The average Bonchev–Trinajstić information content (AvgIpc) is 2.83. The first-order chi connectivity index (χ1) is 7.27. The molecule has 4 unspecified atom stereocenters. The molecule has 78 valence electrons. The summed E-state index contributed by atoms with van der Waals surface area (Å²) in [5.41, 5.74) is 0. The van der Waals surface area contributed by atoms with Crippen LogP contribution in [0, 0.1) is 17.8 Å². The predicted molar refractivity (Wildman–Crippen MR) is 55.7 cm³/mol. The molecular formula is C11H11ClN2O. The molecule has 0 aliphatic heterocycles. The minimum Gasteiger partial charge on any atom is -0.291 e. The summed E-state index contributed by atoms with van der Waals surface area (Å²) in [6, 6.07) is 1.71. The summed E-state index contributed by atoms with van der Waals surface area (Å²) in [4.78, 5) is 19.7. The van der Waals surface area contributed by atoms with Gasteiger partial charge in [-0.1, -0.05) is 0 Å². The summed E-state index contributed by atoms with van der Waals surface area (Å²) in [6.45, 7) is 0. The van der Waals surface area contributed by atoms with E-state index in [1.54, 1.807) is 18.5 Å². The minimum absolute atomic E-state index is 0.0545. The van der Waals surface area contributed by atoms with Gasteiger partial charge in [0.2, 0.25) is 0 Å². The summed E-state index contributed by atoms with van der Waals surface area (Å²) < 4.78 is 0. The molecule has 0 amide bonds. The highest BCUT2D eigenvalue weighted by atomic mass is 35.5. The van der Waals surface area contributed by atoms with Gasteiger partial charge in [0.1, 0.15) is 0 Å². The number of rotatable bonds is 3. The number of Topliss-reactive ketones (excluding diaryl/α,β-unsaturated/α-hetero) is 1. The van der Waals surface area contributed by atoms with Crippen molar-refractivity contribution in [3.63, 3.8) is 0 Å². The van der Waals surface area contributed by atoms with Gasteiger partial charge in [0.15, 0.2) is 11.6 Å². The number of fused-ring (bicyclic) bond motifs is 1. The molecule has 0 saturated heterocycles. The molecule has 1 heterocycles. The van der Waals surface area contributed by atoms with E-state index in [-0.39, 0.29) is 5.78 Å². The van der Waals surface area contributed by atoms with Crippen molar-refractivity contribution >= 4 is 17.4 Å². The lowest BCUT2D eigenvalue weighted by Crippen LogP contribution is -2.14. The van der Waals surface area contributed by atoms with Crippen molar-refractivity contribution in [3.8, 4) is 0 Å². The van der Waals surface area contributed by atoms with Gasteiger partial charge < -0.3 is 0 Å². The van der Waals surface area contributed by atoms with Gasteiger partial charge in [0, 0.05) is 24.2 Å². The number of carbonyl (C=O) groups is 1. The minimum atomic E-state index is 0.0545. The number of ketones is 1. The Labute approximate surface area is 92.9 Å². The summed E-state index contributed by atoms with van der Waals surface area (Å²) in [5.74, 6) is 2.21. The molecule has 4 atom stereocenters. The smallest absolute Gasteiger partial charge is 0.200 e. The second-order valence-corrected chi connectivity index (χ2v) is 4.92. The average molecular weight is 223 g/mol. The van der Waals surface area contributed by atoms with E-state index in [0.29, 0.717) is 35.4 Å². The molecule has 0 radical (unpaired) electrons. The number of halogens is 1. The number of nitrogens with zero attached hydrogens (tertiary/aromatic N) is 2. The van der Waals surface area contributed by atoms with E-state index in [1.807, 2.05) is 0 Å². The van der Waals surface area contributed by atoms with Crippen LogP contribution in [0.1, 0.15) is 23.5 Å². The third-order valence-corrected chi connectivity index (χ3v) is 4.02. The van der Waals surface area contributed by atoms with Gasteiger partial charge in [0.25, 0.3) is 0 Å². The van der Waals surface area contributed by atoms with Crippen molar-refractivity contribution in [2.24, 2.45) is 17.8 Å². The van der Waals surface area contributed by atoms with Crippen LogP contribution in [0.15, 0.2) is 18.5 Å². The maximum absolute atomic E-state index is 11.8. The molecule has 1 aromatic rings. The number of alkyl halides is 1. The van der Waals surface area contributed by atoms with Crippen LogP contribution in [-0.4, -0.2) is 21.1 Å². The van der Waals surface area contributed by atoms with Crippen LogP contribution in [0.2, 0.25) is 0 Å². The maximum Gasteiger partial charge on any atom is 0.200 e. The SMILES string of the molecule is O=C(CC1C2CC(Cl)C12)c1ncccn1. The first-order valence-electron chi connectivity index (χ1n) is 5.21. The van der Waals surface area contributed by atoms with Gasteiger partial charge in [-0.3, -0.25) is 4.79 Å². The zero-order valence-electron chi connectivity index (χ0n) is 8.14. The normalized spacial score (nSPS) is 36.6. The van der Waals surface area contributed by atoms with Gasteiger partial charge in [-0.15, -0.1) is 11.6 Å². The Hall–Kier alpha value is -0.960. The summed E-state index contributed by atoms with van der Waals surface area (Å²) in [7, 11) is 0. The van der Waals surface area contributed by atoms with Crippen LogP contribution in [-0.2, 0) is 0 Å². The molecule has 3 nitrogen and oxygen atoms in total. The molecule has 0 N–H and O–H groups in total. The lowest BCUT2D eigenvalue weighted by molar-refractivity contribution is 0.0963. The molecule has 2 aliphatic carbocycles. The lowest BCUT2D eigenvalue weighted by atomic mass is 10.0. The Bertz CT molecular complexity index is 395. The van der Waals surface area contributed by atoms with E-state index in [9.17, 15) is 4.79 Å². The van der Waals surface area contributed by atoms with Crippen LogP contribution < -0.4 is 0 Å². The Morgan fingerprint density at radius 1 is 1.47 bits per heavy atom. The second kappa shape index (κ2) is 3.27. The van der Waals surface area contributed by atoms with Crippen molar-refractivity contribution in [3.05, 3.63) is 24.3 Å². The third-order valence-electron chi connectivity index (χ3n) is 3.55. The Morgan fingerprint density at radius 3 is 2.73 bits per heavy atom. The molecule has 2 saturated carbocycles. The van der Waals surface area contributed by atoms with Crippen LogP contribution in [0.5, 0.6) is 0 Å². The van der Waals surface area contributed by atoms with Crippen molar-refractivity contribution in [2.75, 3.05) is 0 Å². The Kier molecular flexibility index (Phi) is 2.02. The topological polar surface area (TPSA) is 42.9 Å². The largest absolute Gasteiger partial charge is 0.291 e. The predicted octanol–water partition coefficient (Wildman–Crippen LogP) is 1.92. The fraction of sp³-hybridized carbons (Fsp3) is 0.545. The molecular weight excluding hydrogens is 212 g/mol. The fourth-order valence-corrected chi connectivity index (χ4v) is 3.18. The van der Waals surface area contributed by atoms with E-state index >= 15 is 0 Å². The van der Waals surface area contributed by atoms with Crippen molar-refractivity contribution < 1.29 is 4.79 Å². The summed E-state index contributed by atoms with van der Waals surface area (Å²) in [6.07, 6.45) is 4.86. The lowest BCUT2D eigenvalue weighted by Gasteiger charge is -2.15. The van der Waals surface area contributed by atoms with Crippen molar-refractivity contribution in [1.82, 2.24) is 9.97 Å². The van der Waals surface area contributed by atoms with E-state index < -0.39 is 0 Å². The molecule has 0 aromatic carbocycles. The molecule has 2 fully saturated rings. The van der Waals surface area contributed by atoms with Crippen molar-refractivity contribution in [2.45, 2.75) is 18.2 Å². The molecule has 15 heavy (non-hydrogen) atoms. The zero-order chi connectivity index (χ0) is 10.4. The van der Waals surface area contributed by atoms with E-state index in [2.05, 4.69) is 9.97 Å². The zero-order valence-corrected chi connectivity index (χ0v) is 8.89. The standard InChI is InChI=1S/C11H11ClN2O/c12-8-4-6-7(10(6)8)5-9(15)11-13-2-1-3-14-11/h1-3,6-8,10H,4-5H2. The van der Waals surface area contributed by atoms with Gasteiger partial charge in [-0.05, 0) is 30.2 Å². The molecule has 3 rings (SSSR count). The number of aromatic nitrogens is 2. The van der Waals surface area contributed by atoms with E-state index in [0.717, 1.165) is 6.42 Å². The Morgan fingerprint density at radius 2 is 2.20 bits per heavy atom. The van der Waals surface area contributed by atoms with Crippen LogP contribution >= 0.6 is 11.6 Å². The highest BCUT2D eigenvalue weighted by Gasteiger charge is 2.62. The fourth-order valence-electron chi connectivity index (χ4n) is 2.60. The number of hydrogen-bond acceptors (Lipinski definition) is 3. The maximum atomic E-state index is 11.8. The number of carbonyl (C=O) groups excluding carboxylic acids is 1. The van der Waals surface area contributed by atoms with Gasteiger partial charge in [0.05, 0.1) is 0 Å². The third kappa shape index (κ3) is 1.46. The van der Waals surface area contributed by atoms with Gasteiger partial charge in [-0.25, -0.2) is 9.97 Å². The van der Waals surface area contributed by atoms with Crippen LogP contribution in [0.4, 0.5) is 0 Å². The summed E-state index contributed by atoms with van der Waals surface area (Å²) >= 11 is 6.02. The van der Waals surface area contributed by atoms with Crippen LogP contribution in [0.3, 0.4) is 0 Å². The first-order valence-corrected chi connectivity index (χ1v) is 5.65. The second-order valence-electron chi connectivity index (χ2n) is 4.36. The van der Waals surface area contributed by atoms with E-state index in [4.69, 9.17) is 11.6 Å². The molecule has 1 aromatic heterocycles. The highest BCUT2D eigenvalue weighted by Crippen LogP contribution is 2.64. The van der Waals surface area contributed by atoms with Gasteiger partial charge >= 0.3 is 0 Å². The summed E-state index contributed by atoms with van der Waals surface area (Å²) in [5, 5.41) is 0.310. The molecule has 2 aliphatic rings. The van der Waals surface area contributed by atoms with Crippen LogP contribution in [0.25, 0.3) is 0 Å². The quantitative estimate of drug-likeness (QED) is 0.580. The molecule has 0 bridgehead atoms. The van der Waals surface area contributed by atoms with E-state index in [1.165, 1.54) is 0 Å². The van der Waals surface area contributed by atoms with Crippen molar-refractivity contribution in [1.29, 1.82) is 0 Å². The monoisotopic (exact) mass is 222 g/mol. The molecule has 0 spiro atoms. The first kappa shape index (κ1) is 9.28.